The van der Waals surface area contributed by atoms with E-state index in [1.807, 2.05) is 0 Å². The average Bonchev–Trinajstić information content (AvgIpc) is 2.63. The summed E-state index contributed by atoms with van der Waals surface area (Å²) in [5, 5.41) is 10.7. The van der Waals surface area contributed by atoms with Crippen molar-refractivity contribution in [3.05, 3.63) is 64.5 Å². The molecular formula is C16H18N4O4S. The molecule has 1 aliphatic heterocycles. The maximum absolute atomic E-state index is 12.6. The fraction of sp³-hybridized carbons (Fsp3) is 0.312. The molecule has 0 N–H and O–H groups in total. The highest BCUT2D eigenvalue weighted by Gasteiger charge is 2.28. The summed E-state index contributed by atoms with van der Waals surface area (Å²) in [6, 6.07) is 9.59. The summed E-state index contributed by atoms with van der Waals surface area (Å²) in [6.07, 6.45) is 2.90. The van der Waals surface area contributed by atoms with Gasteiger partial charge in [0.1, 0.15) is 4.90 Å². The van der Waals surface area contributed by atoms with E-state index in [9.17, 15) is 18.5 Å². The minimum atomic E-state index is -3.50. The van der Waals surface area contributed by atoms with Crippen molar-refractivity contribution in [2.75, 3.05) is 26.2 Å². The van der Waals surface area contributed by atoms with Crippen LogP contribution in [0.5, 0.6) is 0 Å². The molecule has 0 radical (unpaired) electrons. The first-order chi connectivity index (χ1) is 12.0. The van der Waals surface area contributed by atoms with E-state index in [0.29, 0.717) is 32.7 Å². The summed E-state index contributed by atoms with van der Waals surface area (Å²) >= 11 is 0. The van der Waals surface area contributed by atoms with Gasteiger partial charge in [-0.3, -0.25) is 20.0 Å². The molecule has 132 valence electrons. The zero-order valence-corrected chi connectivity index (χ0v) is 14.3. The topological polar surface area (TPSA) is 96.6 Å². The molecule has 1 aromatic heterocycles. The predicted octanol–water partition coefficient (Wildman–Crippen LogP) is 1.50. The molecule has 0 spiro atoms. The monoisotopic (exact) mass is 362 g/mol. The van der Waals surface area contributed by atoms with Gasteiger partial charge in [-0.2, -0.15) is 4.31 Å². The van der Waals surface area contributed by atoms with Crippen LogP contribution in [0.25, 0.3) is 0 Å². The molecule has 0 saturated carbocycles. The Balaban J connectivity index is 1.59. The van der Waals surface area contributed by atoms with E-state index in [4.69, 9.17) is 0 Å². The Morgan fingerprint density at radius 2 is 1.76 bits per heavy atom. The molecular weight excluding hydrogens is 344 g/mol. The fourth-order valence-corrected chi connectivity index (χ4v) is 4.14. The Hall–Kier alpha value is -2.36. The average molecular weight is 362 g/mol. The van der Waals surface area contributed by atoms with Gasteiger partial charge in [0.25, 0.3) is 5.69 Å². The van der Waals surface area contributed by atoms with E-state index >= 15 is 0 Å². The van der Waals surface area contributed by atoms with Gasteiger partial charge < -0.3 is 0 Å². The molecule has 0 atom stereocenters. The number of non-ortho nitro benzene ring substituents is 1. The second-order valence-electron chi connectivity index (χ2n) is 5.79. The number of sulfonamides is 1. The quantitative estimate of drug-likeness (QED) is 0.591. The van der Waals surface area contributed by atoms with Crippen LogP contribution in [-0.2, 0) is 16.6 Å². The van der Waals surface area contributed by atoms with Crippen molar-refractivity contribution in [3.63, 3.8) is 0 Å². The van der Waals surface area contributed by atoms with Gasteiger partial charge in [-0.05, 0) is 17.7 Å². The molecule has 0 unspecified atom stereocenters. The predicted molar refractivity (Wildman–Crippen MR) is 91.4 cm³/mol. The van der Waals surface area contributed by atoms with Gasteiger partial charge in [0.05, 0.1) is 4.92 Å². The summed E-state index contributed by atoms with van der Waals surface area (Å²) < 4.78 is 26.6. The van der Waals surface area contributed by atoms with E-state index in [1.165, 1.54) is 22.6 Å². The smallest absolute Gasteiger partial charge is 0.269 e. The fourth-order valence-electron chi connectivity index (χ4n) is 2.76. The summed E-state index contributed by atoms with van der Waals surface area (Å²) in [5.74, 6) is 0. The molecule has 25 heavy (non-hydrogen) atoms. The molecule has 1 saturated heterocycles. The zero-order valence-electron chi connectivity index (χ0n) is 13.5. The second-order valence-corrected chi connectivity index (χ2v) is 7.73. The Morgan fingerprint density at radius 1 is 1.08 bits per heavy atom. The number of nitro benzene ring substituents is 1. The van der Waals surface area contributed by atoms with E-state index in [1.54, 1.807) is 30.5 Å². The van der Waals surface area contributed by atoms with Gasteiger partial charge in [-0.1, -0.05) is 12.1 Å². The van der Waals surface area contributed by atoms with Crippen molar-refractivity contribution >= 4 is 15.7 Å². The van der Waals surface area contributed by atoms with Crippen molar-refractivity contribution in [2.24, 2.45) is 0 Å². The molecule has 1 aliphatic rings. The van der Waals surface area contributed by atoms with Crippen LogP contribution in [0.1, 0.15) is 5.56 Å². The summed E-state index contributed by atoms with van der Waals surface area (Å²) in [7, 11) is -3.50. The van der Waals surface area contributed by atoms with Crippen molar-refractivity contribution in [2.45, 2.75) is 11.4 Å². The molecule has 0 bridgehead atoms. The highest BCUT2D eigenvalue weighted by molar-refractivity contribution is 7.89. The van der Waals surface area contributed by atoms with Crippen molar-refractivity contribution in [1.82, 2.24) is 14.2 Å². The van der Waals surface area contributed by atoms with Gasteiger partial charge in [-0.25, -0.2) is 8.42 Å². The van der Waals surface area contributed by atoms with E-state index in [-0.39, 0.29) is 10.6 Å². The lowest BCUT2D eigenvalue weighted by Crippen LogP contribution is -2.48. The Labute approximate surface area is 145 Å². The summed E-state index contributed by atoms with van der Waals surface area (Å²) in [5.41, 5.74) is 1.03. The lowest BCUT2D eigenvalue weighted by Gasteiger charge is -2.33. The van der Waals surface area contributed by atoms with Gasteiger partial charge in [0.15, 0.2) is 0 Å². The number of rotatable bonds is 5. The lowest BCUT2D eigenvalue weighted by molar-refractivity contribution is -0.384. The summed E-state index contributed by atoms with van der Waals surface area (Å²) in [6.45, 7) is 2.67. The normalized spacial score (nSPS) is 16.6. The molecule has 2 aromatic rings. The first-order valence-electron chi connectivity index (χ1n) is 7.83. The molecule has 2 heterocycles. The standard InChI is InChI=1S/C16H18N4O4S/c21-20(22)15-5-3-14(4-6-15)13-18-8-10-19(11-9-18)25(23,24)16-2-1-7-17-12-16/h1-7,12H,8-11,13H2. The SMILES string of the molecule is O=[N+]([O-])c1ccc(CN2CCN(S(=O)(=O)c3cccnc3)CC2)cc1. The highest BCUT2D eigenvalue weighted by Crippen LogP contribution is 2.18. The van der Waals surface area contributed by atoms with Crippen LogP contribution in [0.2, 0.25) is 0 Å². The van der Waals surface area contributed by atoms with Crippen molar-refractivity contribution < 1.29 is 13.3 Å². The summed E-state index contributed by atoms with van der Waals surface area (Å²) in [4.78, 5) is 16.5. The molecule has 1 aromatic carbocycles. The first-order valence-corrected chi connectivity index (χ1v) is 9.27. The van der Waals surface area contributed by atoms with Gasteiger partial charge >= 0.3 is 0 Å². The van der Waals surface area contributed by atoms with Crippen LogP contribution in [0.4, 0.5) is 5.69 Å². The van der Waals surface area contributed by atoms with Crippen molar-refractivity contribution in [3.8, 4) is 0 Å². The number of nitrogens with zero attached hydrogens (tertiary/aromatic N) is 4. The maximum Gasteiger partial charge on any atom is 0.269 e. The van der Waals surface area contributed by atoms with Crippen LogP contribution >= 0.6 is 0 Å². The van der Waals surface area contributed by atoms with Crippen LogP contribution in [0, 0.1) is 10.1 Å². The number of benzene rings is 1. The van der Waals surface area contributed by atoms with Gasteiger partial charge in [0, 0.05) is 57.3 Å². The largest absolute Gasteiger partial charge is 0.296 e. The lowest BCUT2D eigenvalue weighted by atomic mass is 10.2. The zero-order chi connectivity index (χ0) is 17.9. The molecule has 0 amide bonds. The van der Waals surface area contributed by atoms with E-state index in [2.05, 4.69) is 9.88 Å². The number of nitro groups is 1. The highest BCUT2D eigenvalue weighted by atomic mass is 32.2. The number of piperazine rings is 1. The minimum Gasteiger partial charge on any atom is -0.296 e. The molecule has 8 nitrogen and oxygen atoms in total. The van der Waals surface area contributed by atoms with E-state index in [0.717, 1.165) is 5.56 Å². The second kappa shape index (κ2) is 7.26. The number of hydrogen-bond donors (Lipinski definition) is 0. The van der Waals surface area contributed by atoms with Crippen LogP contribution < -0.4 is 0 Å². The minimum absolute atomic E-state index is 0.0659. The van der Waals surface area contributed by atoms with Crippen LogP contribution in [0.3, 0.4) is 0 Å². The third-order valence-electron chi connectivity index (χ3n) is 4.16. The van der Waals surface area contributed by atoms with Crippen LogP contribution in [0.15, 0.2) is 53.7 Å². The molecule has 3 rings (SSSR count). The first kappa shape index (κ1) is 17.5. The molecule has 9 heteroatoms. The molecule has 0 aliphatic carbocycles. The maximum atomic E-state index is 12.6. The van der Waals surface area contributed by atoms with E-state index < -0.39 is 14.9 Å². The Morgan fingerprint density at radius 3 is 2.32 bits per heavy atom. The number of pyridine rings is 1. The third kappa shape index (κ3) is 4.01. The van der Waals surface area contributed by atoms with Gasteiger partial charge in [-0.15, -0.1) is 0 Å². The van der Waals surface area contributed by atoms with Crippen molar-refractivity contribution in [1.29, 1.82) is 0 Å². The van der Waals surface area contributed by atoms with Crippen LogP contribution in [-0.4, -0.2) is 53.7 Å². The van der Waals surface area contributed by atoms with Gasteiger partial charge in [0.2, 0.25) is 10.0 Å². The number of aromatic nitrogens is 1. The molecule has 1 fully saturated rings. The third-order valence-corrected chi connectivity index (χ3v) is 6.04. The Bertz CT molecular complexity index is 832. The number of hydrogen-bond acceptors (Lipinski definition) is 6. The Kier molecular flexibility index (Phi) is 5.07.